The van der Waals surface area contributed by atoms with Crippen LogP contribution in [-0.2, 0) is 21.1 Å². The van der Waals surface area contributed by atoms with E-state index >= 15 is 0 Å². The number of aliphatic carboxylic acids is 1. The molecule has 0 saturated carbocycles. The lowest BCUT2D eigenvalue weighted by atomic mass is 10.2. The molecule has 9 heteroatoms. The largest absolute Gasteiger partial charge is 0.481 e. The van der Waals surface area contributed by atoms with Crippen LogP contribution in [0.25, 0.3) is 0 Å². The standard InChI is InChI=1S/C12H18N2O4S3/c1-2-21(17,18)10-8-19-6-5-14(10)12-13-9(7-20-12)3-4-11(15)16/h7,10H,2-6,8H2,1H3,(H,15,16). The van der Waals surface area contributed by atoms with Crippen molar-refractivity contribution in [3.8, 4) is 0 Å². The van der Waals surface area contributed by atoms with Crippen LogP contribution in [0.2, 0.25) is 0 Å². The van der Waals surface area contributed by atoms with Crippen LogP contribution < -0.4 is 4.90 Å². The van der Waals surface area contributed by atoms with Gasteiger partial charge >= 0.3 is 5.97 Å². The molecule has 2 rings (SSSR count). The summed E-state index contributed by atoms with van der Waals surface area (Å²) < 4.78 is 24.4. The summed E-state index contributed by atoms with van der Waals surface area (Å²) in [4.78, 5) is 16.8. The van der Waals surface area contributed by atoms with Crippen LogP contribution in [0.1, 0.15) is 19.0 Å². The highest BCUT2D eigenvalue weighted by Gasteiger charge is 2.34. The number of anilines is 1. The minimum Gasteiger partial charge on any atom is -0.481 e. The Hall–Kier alpha value is -0.800. The molecule has 0 radical (unpaired) electrons. The van der Waals surface area contributed by atoms with Crippen molar-refractivity contribution < 1.29 is 18.3 Å². The van der Waals surface area contributed by atoms with Crippen LogP contribution >= 0.6 is 23.1 Å². The van der Waals surface area contributed by atoms with Crippen LogP contribution in [0.3, 0.4) is 0 Å². The van der Waals surface area contributed by atoms with E-state index in [0.29, 0.717) is 29.5 Å². The number of aryl methyl sites for hydroxylation is 1. The third kappa shape index (κ3) is 4.10. The van der Waals surface area contributed by atoms with E-state index in [-0.39, 0.29) is 12.2 Å². The predicted octanol–water partition coefficient (Wildman–Crippen LogP) is 1.47. The highest BCUT2D eigenvalue weighted by molar-refractivity contribution is 8.01. The summed E-state index contributed by atoms with van der Waals surface area (Å²) >= 11 is 3.03. The maximum Gasteiger partial charge on any atom is 0.303 e. The lowest BCUT2D eigenvalue weighted by Crippen LogP contribution is -2.48. The van der Waals surface area contributed by atoms with Crippen molar-refractivity contribution in [3.05, 3.63) is 11.1 Å². The zero-order valence-corrected chi connectivity index (χ0v) is 14.1. The number of thioether (sulfide) groups is 1. The fourth-order valence-electron chi connectivity index (χ4n) is 2.07. The Labute approximate surface area is 132 Å². The normalized spacial score (nSPS) is 19.7. The number of thiazole rings is 1. The second-order valence-corrected chi connectivity index (χ2v) is 9.12. The Balaban J connectivity index is 2.16. The van der Waals surface area contributed by atoms with Crippen molar-refractivity contribution in [3.63, 3.8) is 0 Å². The fourth-order valence-corrected chi connectivity index (χ4v) is 6.04. The first-order valence-electron chi connectivity index (χ1n) is 6.66. The molecule has 2 heterocycles. The van der Waals surface area contributed by atoms with E-state index in [2.05, 4.69) is 4.98 Å². The summed E-state index contributed by atoms with van der Waals surface area (Å²) in [5.74, 6) is 0.691. The van der Waals surface area contributed by atoms with Gasteiger partial charge in [-0.15, -0.1) is 11.3 Å². The van der Waals surface area contributed by atoms with Gasteiger partial charge in [-0.25, -0.2) is 13.4 Å². The third-order valence-corrected chi connectivity index (χ3v) is 7.50. The second-order valence-electron chi connectivity index (χ2n) is 4.69. The monoisotopic (exact) mass is 350 g/mol. The van der Waals surface area contributed by atoms with Gasteiger partial charge in [0.15, 0.2) is 15.0 Å². The van der Waals surface area contributed by atoms with E-state index in [1.165, 1.54) is 11.3 Å². The molecular weight excluding hydrogens is 332 g/mol. The van der Waals surface area contributed by atoms with E-state index in [0.717, 1.165) is 5.75 Å². The van der Waals surface area contributed by atoms with Crippen LogP contribution in [-0.4, -0.2) is 53.7 Å². The van der Waals surface area contributed by atoms with Gasteiger partial charge in [-0.3, -0.25) is 4.79 Å². The van der Waals surface area contributed by atoms with Crippen molar-refractivity contribution >= 4 is 44.0 Å². The molecule has 1 fully saturated rings. The molecule has 1 saturated heterocycles. The van der Waals surface area contributed by atoms with Gasteiger partial charge in [-0.2, -0.15) is 11.8 Å². The molecule has 0 bridgehead atoms. The number of carboxylic acids is 1. The fraction of sp³-hybridized carbons (Fsp3) is 0.667. The molecule has 118 valence electrons. The van der Waals surface area contributed by atoms with Gasteiger partial charge in [0.05, 0.1) is 12.1 Å². The number of aromatic nitrogens is 1. The van der Waals surface area contributed by atoms with Crippen molar-refractivity contribution in [1.29, 1.82) is 0 Å². The van der Waals surface area contributed by atoms with Crippen molar-refractivity contribution in [2.45, 2.75) is 25.1 Å². The lowest BCUT2D eigenvalue weighted by molar-refractivity contribution is -0.136. The highest BCUT2D eigenvalue weighted by atomic mass is 32.2. The first kappa shape index (κ1) is 16.6. The average Bonchev–Trinajstić information content (AvgIpc) is 2.94. The van der Waals surface area contributed by atoms with Gasteiger partial charge in [-0.05, 0) is 0 Å². The van der Waals surface area contributed by atoms with Crippen molar-refractivity contribution in [2.24, 2.45) is 0 Å². The smallest absolute Gasteiger partial charge is 0.303 e. The van der Waals surface area contributed by atoms with E-state index in [1.54, 1.807) is 18.7 Å². The molecule has 0 aromatic carbocycles. The molecule has 1 aromatic rings. The molecule has 1 aliphatic rings. The number of rotatable bonds is 6. The molecule has 0 spiro atoms. The second kappa shape index (κ2) is 6.97. The Morgan fingerprint density at radius 3 is 3.00 bits per heavy atom. The molecule has 1 unspecified atom stereocenters. The Kier molecular flexibility index (Phi) is 5.50. The molecule has 1 aliphatic heterocycles. The SMILES string of the molecule is CCS(=O)(=O)C1CSCCN1c1nc(CCC(=O)O)cs1. The van der Waals surface area contributed by atoms with E-state index in [4.69, 9.17) is 5.11 Å². The van der Waals surface area contributed by atoms with Gasteiger partial charge in [0.25, 0.3) is 0 Å². The average molecular weight is 350 g/mol. The molecular formula is C12H18N2O4S3. The first-order chi connectivity index (χ1) is 9.94. The molecule has 1 aromatic heterocycles. The van der Waals surface area contributed by atoms with E-state index in [1.807, 2.05) is 10.3 Å². The zero-order chi connectivity index (χ0) is 15.5. The van der Waals surface area contributed by atoms with Crippen molar-refractivity contribution in [2.75, 3.05) is 28.7 Å². The Morgan fingerprint density at radius 2 is 2.33 bits per heavy atom. The summed E-state index contributed by atoms with van der Waals surface area (Å²) in [6, 6.07) is 0. The number of carbonyl (C=O) groups is 1. The molecule has 6 nitrogen and oxygen atoms in total. The summed E-state index contributed by atoms with van der Waals surface area (Å²) in [5.41, 5.74) is 0.711. The third-order valence-electron chi connectivity index (χ3n) is 3.28. The highest BCUT2D eigenvalue weighted by Crippen LogP contribution is 2.30. The summed E-state index contributed by atoms with van der Waals surface area (Å²) in [6.07, 6.45) is 0.412. The Morgan fingerprint density at radius 1 is 1.57 bits per heavy atom. The Bertz CT molecular complexity index is 599. The maximum absolute atomic E-state index is 12.2. The number of carboxylic acid groups (broad SMARTS) is 1. The van der Waals surface area contributed by atoms with E-state index < -0.39 is 21.2 Å². The van der Waals surface area contributed by atoms with E-state index in [9.17, 15) is 13.2 Å². The number of sulfone groups is 1. The topological polar surface area (TPSA) is 87.6 Å². The van der Waals surface area contributed by atoms with Gasteiger partial charge in [-0.1, -0.05) is 6.92 Å². The summed E-state index contributed by atoms with van der Waals surface area (Å²) in [7, 11) is -3.16. The quantitative estimate of drug-likeness (QED) is 0.831. The lowest BCUT2D eigenvalue weighted by Gasteiger charge is -2.34. The van der Waals surface area contributed by atoms with Gasteiger partial charge in [0, 0.05) is 35.6 Å². The summed E-state index contributed by atoms with van der Waals surface area (Å²) in [5, 5.41) is 10.7. The minimum absolute atomic E-state index is 0.0374. The van der Waals surface area contributed by atoms with Crippen molar-refractivity contribution in [1.82, 2.24) is 4.98 Å². The molecule has 21 heavy (non-hydrogen) atoms. The maximum atomic E-state index is 12.2. The molecule has 1 N–H and O–H groups in total. The zero-order valence-electron chi connectivity index (χ0n) is 11.7. The number of hydrogen-bond donors (Lipinski definition) is 1. The number of nitrogens with zero attached hydrogens (tertiary/aromatic N) is 2. The van der Waals surface area contributed by atoms with Gasteiger partial charge < -0.3 is 10.0 Å². The molecule has 1 atom stereocenters. The number of hydrogen-bond acceptors (Lipinski definition) is 7. The molecule has 0 aliphatic carbocycles. The van der Waals surface area contributed by atoms with Crippen LogP contribution in [0.5, 0.6) is 0 Å². The van der Waals surface area contributed by atoms with Gasteiger partial charge in [0.2, 0.25) is 0 Å². The van der Waals surface area contributed by atoms with Crippen LogP contribution in [0.4, 0.5) is 5.13 Å². The minimum atomic E-state index is -3.16. The molecule has 0 amide bonds. The predicted molar refractivity (Wildman–Crippen MR) is 86.0 cm³/mol. The van der Waals surface area contributed by atoms with Gasteiger partial charge in [0.1, 0.15) is 5.37 Å². The van der Waals surface area contributed by atoms with Crippen LogP contribution in [0, 0.1) is 0 Å². The van der Waals surface area contributed by atoms with Crippen LogP contribution in [0.15, 0.2) is 5.38 Å². The first-order valence-corrected chi connectivity index (χ1v) is 10.4. The summed E-state index contributed by atoms with van der Waals surface area (Å²) in [6.45, 7) is 2.31.